The molecule has 0 saturated carbocycles. The SMILES string of the molecule is CC(C)(C)C(=O)N[C@@](C)(Cc1ccc(O)c(O)c1)C(=O)O. The number of amides is 1. The molecule has 6 nitrogen and oxygen atoms in total. The van der Waals surface area contributed by atoms with Gasteiger partial charge in [0.05, 0.1) is 0 Å². The summed E-state index contributed by atoms with van der Waals surface area (Å²) in [4.78, 5) is 23.5. The highest BCUT2D eigenvalue weighted by Crippen LogP contribution is 2.27. The van der Waals surface area contributed by atoms with Gasteiger partial charge in [-0.15, -0.1) is 0 Å². The Labute approximate surface area is 123 Å². The molecule has 0 radical (unpaired) electrons. The average Bonchev–Trinajstić information content (AvgIpc) is 2.32. The number of phenols is 2. The maximum atomic E-state index is 12.0. The van der Waals surface area contributed by atoms with Gasteiger partial charge in [-0.2, -0.15) is 0 Å². The van der Waals surface area contributed by atoms with E-state index in [4.69, 9.17) is 0 Å². The number of carboxylic acid groups (broad SMARTS) is 1. The molecule has 1 rings (SSSR count). The second-order valence-electron chi connectivity index (χ2n) is 6.34. The Hall–Kier alpha value is -2.24. The van der Waals surface area contributed by atoms with Crippen molar-refractivity contribution in [2.75, 3.05) is 0 Å². The van der Waals surface area contributed by atoms with Crippen LogP contribution in [0.3, 0.4) is 0 Å². The number of carboxylic acids is 1. The number of aromatic hydroxyl groups is 2. The third kappa shape index (κ3) is 4.11. The lowest BCUT2D eigenvalue weighted by Crippen LogP contribution is -2.56. The Balaban J connectivity index is 3.03. The predicted molar refractivity (Wildman–Crippen MR) is 77.1 cm³/mol. The summed E-state index contributed by atoms with van der Waals surface area (Å²) >= 11 is 0. The minimum atomic E-state index is -1.51. The zero-order chi connectivity index (χ0) is 16.4. The average molecular weight is 295 g/mol. The lowest BCUT2D eigenvalue weighted by atomic mass is 9.89. The highest BCUT2D eigenvalue weighted by atomic mass is 16.4. The summed E-state index contributed by atoms with van der Waals surface area (Å²) in [6.07, 6.45) is -0.0159. The minimum absolute atomic E-state index is 0.0159. The molecule has 0 saturated heterocycles. The number of phenolic OH excluding ortho intramolecular Hbond substituents is 2. The van der Waals surface area contributed by atoms with Crippen molar-refractivity contribution in [3.63, 3.8) is 0 Å². The van der Waals surface area contributed by atoms with Crippen LogP contribution in [0.4, 0.5) is 0 Å². The summed E-state index contributed by atoms with van der Waals surface area (Å²) in [5.41, 5.74) is -1.73. The van der Waals surface area contributed by atoms with Crippen molar-refractivity contribution in [3.05, 3.63) is 23.8 Å². The molecule has 0 bridgehead atoms. The fourth-order valence-electron chi connectivity index (χ4n) is 1.70. The number of hydrogen-bond donors (Lipinski definition) is 4. The van der Waals surface area contributed by atoms with Gasteiger partial charge in [-0.25, -0.2) is 4.79 Å². The summed E-state index contributed by atoms with van der Waals surface area (Å²) in [7, 11) is 0. The molecule has 116 valence electrons. The monoisotopic (exact) mass is 295 g/mol. The summed E-state index contributed by atoms with van der Waals surface area (Å²) in [5, 5.41) is 30.7. The molecule has 1 amide bonds. The molecule has 0 unspecified atom stereocenters. The van der Waals surface area contributed by atoms with Crippen LogP contribution in [0.2, 0.25) is 0 Å². The Kier molecular flexibility index (Phi) is 4.51. The maximum absolute atomic E-state index is 12.0. The lowest BCUT2D eigenvalue weighted by molar-refractivity contribution is -0.148. The van der Waals surface area contributed by atoms with Gasteiger partial charge in [0, 0.05) is 11.8 Å². The number of benzene rings is 1. The van der Waals surface area contributed by atoms with E-state index in [1.807, 2.05) is 0 Å². The van der Waals surface area contributed by atoms with Gasteiger partial charge >= 0.3 is 5.97 Å². The number of carbonyl (C=O) groups is 2. The Bertz CT molecular complexity index is 562. The Morgan fingerprint density at radius 2 is 1.67 bits per heavy atom. The quantitative estimate of drug-likeness (QED) is 0.632. The Morgan fingerprint density at radius 3 is 2.10 bits per heavy atom. The molecule has 0 aliphatic heterocycles. The van der Waals surface area contributed by atoms with E-state index < -0.39 is 16.9 Å². The molecule has 0 aliphatic rings. The molecular weight excluding hydrogens is 274 g/mol. The largest absolute Gasteiger partial charge is 0.504 e. The first kappa shape index (κ1) is 16.8. The van der Waals surface area contributed by atoms with E-state index in [0.29, 0.717) is 5.56 Å². The summed E-state index contributed by atoms with van der Waals surface area (Å²) in [6.45, 7) is 6.48. The van der Waals surface area contributed by atoms with Crippen molar-refractivity contribution >= 4 is 11.9 Å². The van der Waals surface area contributed by atoms with E-state index in [2.05, 4.69) is 5.32 Å². The van der Waals surface area contributed by atoms with Gasteiger partial charge in [0.15, 0.2) is 11.5 Å². The van der Waals surface area contributed by atoms with Crippen LogP contribution in [0.25, 0.3) is 0 Å². The summed E-state index contributed by atoms with van der Waals surface area (Å²) in [5.74, 6) is -2.17. The zero-order valence-electron chi connectivity index (χ0n) is 12.6. The fourth-order valence-corrected chi connectivity index (χ4v) is 1.70. The first-order chi connectivity index (χ1) is 9.45. The Morgan fingerprint density at radius 1 is 1.10 bits per heavy atom. The molecule has 0 spiro atoms. The highest BCUT2D eigenvalue weighted by Gasteiger charge is 2.38. The van der Waals surface area contributed by atoms with Gasteiger partial charge in [-0.3, -0.25) is 4.79 Å². The van der Waals surface area contributed by atoms with Gasteiger partial charge in [-0.05, 0) is 24.6 Å². The van der Waals surface area contributed by atoms with Crippen LogP contribution >= 0.6 is 0 Å². The number of carbonyl (C=O) groups excluding carboxylic acids is 1. The van der Waals surface area contributed by atoms with E-state index >= 15 is 0 Å². The van der Waals surface area contributed by atoms with Crippen molar-refractivity contribution in [3.8, 4) is 11.5 Å². The second-order valence-corrected chi connectivity index (χ2v) is 6.34. The third-order valence-electron chi connectivity index (χ3n) is 3.14. The van der Waals surface area contributed by atoms with Crippen LogP contribution in [0.1, 0.15) is 33.3 Å². The summed E-state index contributed by atoms with van der Waals surface area (Å²) in [6, 6.07) is 4.05. The van der Waals surface area contributed by atoms with Gasteiger partial charge < -0.3 is 20.6 Å². The van der Waals surface area contributed by atoms with Crippen LogP contribution in [-0.4, -0.2) is 32.7 Å². The minimum Gasteiger partial charge on any atom is -0.504 e. The normalized spacial score (nSPS) is 14.3. The standard InChI is InChI=1S/C15H21NO5/c1-14(2,3)12(19)16-15(4,13(20)21)8-9-5-6-10(17)11(18)7-9/h5-7,17-18H,8H2,1-4H3,(H,16,19)(H,20,21)/t15-/m0/s1. The first-order valence-corrected chi connectivity index (χ1v) is 6.52. The number of hydrogen-bond acceptors (Lipinski definition) is 4. The van der Waals surface area contributed by atoms with Gasteiger partial charge in [-0.1, -0.05) is 26.8 Å². The van der Waals surface area contributed by atoms with E-state index in [9.17, 15) is 24.9 Å². The fraction of sp³-hybridized carbons (Fsp3) is 0.467. The van der Waals surface area contributed by atoms with E-state index in [1.54, 1.807) is 20.8 Å². The number of nitrogens with one attached hydrogen (secondary N) is 1. The van der Waals surface area contributed by atoms with Gasteiger partial charge in [0.2, 0.25) is 5.91 Å². The van der Waals surface area contributed by atoms with Crippen LogP contribution < -0.4 is 5.32 Å². The molecule has 0 fully saturated rings. The van der Waals surface area contributed by atoms with Crippen molar-refractivity contribution in [2.45, 2.75) is 39.7 Å². The van der Waals surface area contributed by atoms with Crippen LogP contribution in [0.15, 0.2) is 18.2 Å². The van der Waals surface area contributed by atoms with Crippen LogP contribution in [0, 0.1) is 5.41 Å². The second kappa shape index (κ2) is 5.63. The molecule has 0 aliphatic carbocycles. The summed E-state index contributed by atoms with van der Waals surface area (Å²) < 4.78 is 0. The van der Waals surface area contributed by atoms with Gasteiger partial charge in [0.1, 0.15) is 5.54 Å². The van der Waals surface area contributed by atoms with Gasteiger partial charge in [0.25, 0.3) is 0 Å². The smallest absolute Gasteiger partial charge is 0.329 e. The van der Waals surface area contributed by atoms with E-state index in [-0.39, 0.29) is 23.8 Å². The zero-order valence-corrected chi connectivity index (χ0v) is 12.6. The lowest BCUT2D eigenvalue weighted by Gasteiger charge is -2.30. The molecule has 4 N–H and O–H groups in total. The van der Waals surface area contributed by atoms with Crippen molar-refractivity contribution in [1.82, 2.24) is 5.32 Å². The maximum Gasteiger partial charge on any atom is 0.329 e. The first-order valence-electron chi connectivity index (χ1n) is 6.52. The predicted octanol–water partition coefficient (Wildman–Crippen LogP) is 1.65. The van der Waals surface area contributed by atoms with Crippen molar-refractivity contribution in [1.29, 1.82) is 0 Å². The number of aliphatic carboxylic acids is 1. The highest BCUT2D eigenvalue weighted by molar-refractivity contribution is 5.89. The van der Waals surface area contributed by atoms with Crippen molar-refractivity contribution in [2.24, 2.45) is 5.41 Å². The third-order valence-corrected chi connectivity index (χ3v) is 3.14. The molecule has 1 aromatic rings. The van der Waals surface area contributed by atoms with Crippen LogP contribution in [0.5, 0.6) is 11.5 Å². The molecule has 1 atom stereocenters. The molecule has 0 heterocycles. The van der Waals surface area contributed by atoms with E-state index in [0.717, 1.165) is 0 Å². The number of rotatable bonds is 4. The molecular formula is C15H21NO5. The molecule has 1 aromatic carbocycles. The topological polar surface area (TPSA) is 107 Å². The van der Waals surface area contributed by atoms with Crippen LogP contribution in [-0.2, 0) is 16.0 Å². The molecule has 21 heavy (non-hydrogen) atoms. The molecule has 6 heteroatoms. The molecule has 0 aromatic heterocycles. The van der Waals surface area contributed by atoms with E-state index in [1.165, 1.54) is 25.1 Å². The van der Waals surface area contributed by atoms with Crippen molar-refractivity contribution < 1.29 is 24.9 Å².